The SMILES string of the molecule is Cc1ccc(C)c(N2C(=O)C(=O)/C(=C(\O)c3ccc(OC(C)C)cc3)C2c2ccc(C)o2)c1. The van der Waals surface area contributed by atoms with Crippen molar-refractivity contribution in [1.82, 2.24) is 0 Å². The lowest BCUT2D eigenvalue weighted by atomic mass is 9.98. The molecule has 1 N–H and O–H groups in total. The van der Waals surface area contributed by atoms with Gasteiger partial charge in [-0.05, 0) is 88.2 Å². The second-order valence-electron chi connectivity index (χ2n) is 8.60. The number of carbonyl (C=O) groups is 2. The lowest BCUT2D eigenvalue weighted by Crippen LogP contribution is -2.30. The van der Waals surface area contributed by atoms with Gasteiger partial charge in [-0.2, -0.15) is 0 Å². The molecule has 33 heavy (non-hydrogen) atoms. The van der Waals surface area contributed by atoms with Crippen LogP contribution in [0, 0.1) is 20.8 Å². The van der Waals surface area contributed by atoms with Crippen molar-refractivity contribution in [3.63, 3.8) is 0 Å². The van der Waals surface area contributed by atoms with Crippen LogP contribution >= 0.6 is 0 Å². The van der Waals surface area contributed by atoms with Gasteiger partial charge in [0.05, 0.1) is 11.7 Å². The van der Waals surface area contributed by atoms with Gasteiger partial charge in [-0.3, -0.25) is 14.5 Å². The predicted molar refractivity (Wildman–Crippen MR) is 126 cm³/mol. The molecule has 1 aliphatic heterocycles. The lowest BCUT2D eigenvalue weighted by molar-refractivity contribution is -0.132. The largest absolute Gasteiger partial charge is 0.507 e. The second-order valence-corrected chi connectivity index (χ2v) is 8.60. The Kier molecular flexibility index (Phi) is 5.85. The zero-order valence-corrected chi connectivity index (χ0v) is 19.4. The van der Waals surface area contributed by atoms with Crippen LogP contribution in [-0.4, -0.2) is 22.9 Å². The van der Waals surface area contributed by atoms with E-state index < -0.39 is 17.7 Å². The Morgan fingerprint density at radius 1 is 1.00 bits per heavy atom. The standard InChI is InChI=1S/C27H27NO5/c1-15(2)32-20-11-9-19(10-12-20)25(29)23-24(22-13-8-18(5)33-22)28(27(31)26(23)30)21-14-16(3)6-7-17(21)4/h6-15,24,29H,1-5H3/b25-23-. The summed E-state index contributed by atoms with van der Waals surface area (Å²) in [5.74, 6) is -0.00779. The minimum Gasteiger partial charge on any atom is -0.507 e. The summed E-state index contributed by atoms with van der Waals surface area (Å²) in [7, 11) is 0. The highest BCUT2D eigenvalue weighted by molar-refractivity contribution is 6.51. The number of furan rings is 1. The molecule has 170 valence electrons. The van der Waals surface area contributed by atoms with Gasteiger partial charge in [0.25, 0.3) is 11.7 Å². The monoisotopic (exact) mass is 445 g/mol. The molecule has 0 bridgehead atoms. The Labute approximate surface area is 193 Å². The van der Waals surface area contributed by atoms with Crippen LogP contribution in [-0.2, 0) is 9.59 Å². The number of aliphatic hydroxyl groups excluding tert-OH is 1. The van der Waals surface area contributed by atoms with Gasteiger partial charge >= 0.3 is 0 Å². The van der Waals surface area contributed by atoms with Crippen LogP contribution in [0.2, 0.25) is 0 Å². The lowest BCUT2D eigenvalue weighted by Gasteiger charge is -2.25. The predicted octanol–water partition coefficient (Wildman–Crippen LogP) is 5.62. The molecule has 1 aromatic heterocycles. The maximum atomic E-state index is 13.3. The summed E-state index contributed by atoms with van der Waals surface area (Å²) < 4.78 is 11.5. The number of anilines is 1. The first kappa shape index (κ1) is 22.4. The van der Waals surface area contributed by atoms with Gasteiger partial charge in [0.15, 0.2) is 0 Å². The highest BCUT2D eigenvalue weighted by Gasteiger charge is 2.48. The number of aryl methyl sites for hydroxylation is 3. The van der Waals surface area contributed by atoms with Crippen LogP contribution in [0.1, 0.15) is 48.1 Å². The number of benzene rings is 2. The summed E-state index contributed by atoms with van der Waals surface area (Å²) in [4.78, 5) is 27.9. The van der Waals surface area contributed by atoms with Crippen LogP contribution in [0.4, 0.5) is 5.69 Å². The Bertz CT molecular complexity index is 1250. The highest BCUT2D eigenvalue weighted by atomic mass is 16.5. The van der Waals surface area contributed by atoms with E-state index in [2.05, 4.69) is 0 Å². The minimum atomic E-state index is -0.884. The number of Topliss-reactive ketones (excluding diaryl/α,β-unsaturated/α-hetero) is 1. The molecule has 1 fully saturated rings. The number of aliphatic hydroxyl groups is 1. The number of carbonyl (C=O) groups excluding carboxylic acids is 2. The van der Waals surface area contributed by atoms with Crippen molar-refractivity contribution in [1.29, 1.82) is 0 Å². The molecule has 2 heterocycles. The zero-order valence-electron chi connectivity index (χ0n) is 19.4. The zero-order chi connectivity index (χ0) is 23.9. The fraction of sp³-hybridized carbons (Fsp3) is 0.259. The number of ether oxygens (including phenoxy) is 1. The van der Waals surface area contributed by atoms with Crippen LogP contribution in [0.15, 0.2) is 64.6 Å². The van der Waals surface area contributed by atoms with Gasteiger partial charge in [-0.25, -0.2) is 0 Å². The molecule has 0 saturated carbocycles. The minimum absolute atomic E-state index is 0.00668. The number of rotatable bonds is 5. The summed E-state index contributed by atoms with van der Waals surface area (Å²) in [5, 5.41) is 11.2. The number of ketones is 1. The maximum absolute atomic E-state index is 13.3. The van der Waals surface area contributed by atoms with Gasteiger partial charge in [-0.1, -0.05) is 12.1 Å². The number of amides is 1. The normalized spacial score (nSPS) is 17.8. The molecular weight excluding hydrogens is 418 g/mol. The third kappa shape index (κ3) is 4.16. The van der Waals surface area contributed by atoms with Crippen molar-refractivity contribution in [2.75, 3.05) is 4.90 Å². The first-order chi connectivity index (χ1) is 15.7. The summed E-state index contributed by atoms with van der Waals surface area (Å²) in [6.45, 7) is 9.45. The van der Waals surface area contributed by atoms with Crippen LogP contribution in [0.5, 0.6) is 5.75 Å². The van der Waals surface area contributed by atoms with Gasteiger partial charge in [0, 0.05) is 11.3 Å². The fourth-order valence-corrected chi connectivity index (χ4v) is 4.05. The number of hydrogen-bond donors (Lipinski definition) is 1. The van der Waals surface area contributed by atoms with Gasteiger partial charge in [0.2, 0.25) is 0 Å². The van der Waals surface area contributed by atoms with E-state index in [1.807, 2.05) is 45.9 Å². The molecule has 4 rings (SSSR count). The van der Waals surface area contributed by atoms with E-state index in [0.29, 0.717) is 28.5 Å². The van der Waals surface area contributed by atoms with Crippen LogP contribution in [0.25, 0.3) is 5.76 Å². The molecule has 0 aliphatic carbocycles. The molecule has 3 aromatic rings. The summed E-state index contributed by atoms with van der Waals surface area (Å²) in [5.41, 5.74) is 2.81. The van der Waals surface area contributed by atoms with E-state index in [-0.39, 0.29) is 17.4 Å². The Balaban J connectivity index is 1.88. The Morgan fingerprint density at radius 2 is 1.70 bits per heavy atom. The molecular formula is C27H27NO5. The van der Waals surface area contributed by atoms with Crippen molar-refractivity contribution in [2.45, 2.75) is 46.8 Å². The number of hydrogen-bond acceptors (Lipinski definition) is 5. The fourth-order valence-electron chi connectivity index (χ4n) is 4.05. The molecule has 1 saturated heterocycles. The van der Waals surface area contributed by atoms with E-state index in [9.17, 15) is 14.7 Å². The van der Waals surface area contributed by atoms with Crippen molar-refractivity contribution in [2.24, 2.45) is 0 Å². The average molecular weight is 446 g/mol. The summed E-state index contributed by atoms with van der Waals surface area (Å²) in [6.07, 6.45) is 0.00883. The third-order valence-electron chi connectivity index (χ3n) is 5.60. The quantitative estimate of drug-likeness (QED) is 0.313. The van der Waals surface area contributed by atoms with Gasteiger partial charge in [-0.15, -0.1) is 0 Å². The van der Waals surface area contributed by atoms with Gasteiger partial charge < -0.3 is 14.3 Å². The van der Waals surface area contributed by atoms with E-state index >= 15 is 0 Å². The molecule has 0 radical (unpaired) electrons. The molecule has 0 spiro atoms. The highest BCUT2D eigenvalue weighted by Crippen LogP contribution is 2.43. The van der Waals surface area contributed by atoms with E-state index in [1.54, 1.807) is 43.3 Å². The molecule has 2 aromatic carbocycles. The summed E-state index contributed by atoms with van der Waals surface area (Å²) in [6, 6.07) is 15.1. The first-order valence-electron chi connectivity index (χ1n) is 10.9. The smallest absolute Gasteiger partial charge is 0.300 e. The summed E-state index contributed by atoms with van der Waals surface area (Å²) >= 11 is 0. The second kappa shape index (κ2) is 8.62. The van der Waals surface area contributed by atoms with Crippen molar-refractivity contribution >= 4 is 23.1 Å². The van der Waals surface area contributed by atoms with Crippen molar-refractivity contribution < 1.29 is 23.8 Å². The molecule has 1 aliphatic rings. The molecule has 1 unspecified atom stereocenters. The topological polar surface area (TPSA) is 80.0 Å². The first-order valence-corrected chi connectivity index (χ1v) is 10.9. The molecule has 1 amide bonds. The maximum Gasteiger partial charge on any atom is 0.300 e. The van der Waals surface area contributed by atoms with Crippen LogP contribution < -0.4 is 9.64 Å². The van der Waals surface area contributed by atoms with E-state index in [4.69, 9.17) is 9.15 Å². The number of nitrogens with zero attached hydrogens (tertiary/aromatic N) is 1. The molecule has 6 heteroatoms. The van der Waals surface area contributed by atoms with Crippen molar-refractivity contribution in [3.8, 4) is 5.75 Å². The van der Waals surface area contributed by atoms with Gasteiger partial charge in [0.1, 0.15) is 29.1 Å². The Morgan fingerprint density at radius 3 is 2.30 bits per heavy atom. The van der Waals surface area contributed by atoms with E-state index in [0.717, 1.165) is 11.1 Å². The average Bonchev–Trinajstić information content (AvgIpc) is 3.30. The molecule has 6 nitrogen and oxygen atoms in total. The van der Waals surface area contributed by atoms with Crippen LogP contribution in [0.3, 0.4) is 0 Å². The van der Waals surface area contributed by atoms with E-state index in [1.165, 1.54) is 4.90 Å². The molecule has 1 atom stereocenters. The Hall–Kier alpha value is -3.80. The van der Waals surface area contributed by atoms with Crippen molar-refractivity contribution in [3.05, 3.63) is 88.4 Å². The third-order valence-corrected chi connectivity index (χ3v) is 5.60.